The van der Waals surface area contributed by atoms with Crippen molar-refractivity contribution in [3.63, 3.8) is 0 Å². The summed E-state index contributed by atoms with van der Waals surface area (Å²) >= 11 is 0. The molecule has 1 saturated heterocycles. The highest BCUT2D eigenvalue weighted by Crippen LogP contribution is 2.46. The standard InChI is InChI=1S/C33H42FN5O9S/c1-32(2,3)48-30(43)35-24-10-8-6-4-5-7-9-19-17-33(19,29(42)38-49(44,45)22-12-13-22)37-27(40)25-16-21(18-39(25)28(24)41)46-31-36-23-14-11-20(34)15-26(23)47-31/h7,9,11,14-15,19,21-22,24-25H,4-6,8,10,12-13,16-18H2,1-3H3,(H,35,43)(H,37,40)(H,38,42)/b9-7-/t19-,21-,24+,25+,33-/m1/s1. The quantitative estimate of drug-likeness (QED) is 0.377. The number of alkyl carbamates (subject to hydrolysis) is 1. The number of nitrogens with one attached hydrogen (secondary N) is 3. The van der Waals surface area contributed by atoms with Gasteiger partial charge in [0.1, 0.15) is 40.7 Å². The molecule has 0 unspecified atom stereocenters. The molecule has 0 radical (unpaired) electrons. The molecule has 16 heteroatoms. The highest BCUT2D eigenvalue weighted by molar-refractivity contribution is 7.91. The van der Waals surface area contributed by atoms with Crippen molar-refractivity contribution in [3.8, 4) is 6.08 Å². The first-order chi connectivity index (χ1) is 23.1. The fraction of sp³-hybridized carbons (Fsp3) is 0.606. The maximum atomic E-state index is 14.2. The van der Waals surface area contributed by atoms with Crippen LogP contribution in [0.5, 0.6) is 6.08 Å². The second-order valence-corrected chi connectivity index (χ2v) is 16.2. The van der Waals surface area contributed by atoms with E-state index >= 15 is 0 Å². The van der Waals surface area contributed by atoms with Crippen LogP contribution in [0.25, 0.3) is 11.1 Å². The van der Waals surface area contributed by atoms with E-state index in [0.29, 0.717) is 31.2 Å². The number of benzene rings is 1. The van der Waals surface area contributed by atoms with Crippen molar-refractivity contribution >= 4 is 44.9 Å². The molecule has 2 aromatic rings. The Bertz CT molecular complexity index is 1770. The molecule has 14 nitrogen and oxygen atoms in total. The Balaban J connectivity index is 1.28. The van der Waals surface area contributed by atoms with Gasteiger partial charge in [0.25, 0.3) is 5.91 Å². The van der Waals surface area contributed by atoms with Gasteiger partial charge in [0, 0.05) is 18.4 Å². The molecule has 4 amide bonds. The van der Waals surface area contributed by atoms with Crippen molar-refractivity contribution in [2.75, 3.05) is 6.54 Å². The predicted molar refractivity (Wildman–Crippen MR) is 173 cm³/mol. The molecule has 1 aromatic heterocycles. The lowest BCUT2D eigenvalue weighted by Crippen LogP contribution is -2.58. The van der Waals surface area contributed by atoms with Crippen LogP contribution in [0, 0.1) is 11.7 Å². The average Bonchev–Trinajstić information content (AvgIpc) is 3.90. The SMILES string of the molecule is CC(C)(C)OC(=O)N[C@H]1CCCCC/C=C\[C@@H]2C[C@@]2(C(=O)NS(=O)(=O)C2CC2)NC(=O)[C@@H]2C[C@@H](Oc3nc4ccc(F)cc4o3)CN2C1=O. The van der Waals surface area contributed by atoms with Gasteiger partial charge in [0.15, 0.2) is 5.58 Å². The number of amides is 4. The van der Waals surface area contributed by atoms with Gasteiger partial charge in [-0.25, -0.2) is 17.6 Å². The minimum absolute atomic E-state index is 0.0393. The Morgan fingerprint density at radius 2 is 1.92 bits per heavy atom. The van der Waals surface area contributed by atoms with E-state index < -0.39 is 80.2 Å². The van der Waals surface area contributed by atoms with Gasteiger partial charge in [-0.05, 0) is 71.4 Å². The summed E-state index contributed by atoms with van der Waals surface area (Å²) in [6.07, 6.45) is 6.10. The van der Waals surface area contributed by atoms with Crippen LogP contribution in [0.1, 0.15) is 78.6 Å². The predicted octanol–water partition coefficient (Wildman–Crippen LogP) is 3.21. The number of ether oxygens (including phenoxy) is 2. The molecular formula is C33H42FN5O9S. The number of hydrogen-bond donors (Lipinski definition) is 3. The number of fused-ring (bicyclic) bond motifs is 3. The first-order valence-electron chi connectivity index (χ1n) is 16.7. The maximum Gasteiger partial charge on any atom is 0.408 e. The van der Waals surface area contributed by atoms with Gasteiger partial charge in [-0.2, -0.15) is 4.98 Å². The molecular weight excluding hydrogens is 661 g/mol. The van der Waals surface area contributed by atoms with E-state index in [1.54, 1.807) is 20.8 Å². The summed E-state index contributed by atoms with van der Waals surface area (Å²) in [6, 6.07) is 1.61. The molecule has 2 aliphatic heterocycles. The minimum atomic E-state index is -3.90. The molecule has 3 N–H and O–H groups in total. The van der Waals surface area contributed by atoms with Gasteiger partial charge >= 0.3 is 12.2 Å². The van der Waals surface area contributed by atoms with Crippen LogP contribution >= 0.6 is 0 Å². The fourth-order valence-electron chi connectivity index (χ4n) is 6.37. The summed E-state index contributed by atoms with van der Waals surface area (Å²) in [7, 11) is -3.90. The van der Waals surface area contributed by atoms with E-state index in [4.69, 9.17) is 13.9 Å². The number of nitrogens with zero attached hydrogens (tertiary/aromatic N) is 2. The minimum Gasteiger partial charge on any atom is -0.445 e. The van der Waals surface area contributed by atoms with Gasteiger partial charge in [-0.1, -0.05) is 25.0 Å². The third-order valence-electron chi connectivity index (χ3n) is 9.13. The third kappa shape index (κ3) is 8.00. The number of sulfonamides is 1. The van der Waals surface area contributed by atoms with Crippen molar-refractivity contribution in [2.45, 2.75) is 113 Å². The molecule has 5 atom stereocenters. The lowest BCUT2D eigenvalue weighted by molar-refractivity contribution is -0.141. The van der Waals surface area contributed by atoms with Gasteiger partial charge in [0.05, 0.1) is 11.8 Å². The van der Waals surface area contributed by atoms with Gasteiger partial charge in [-0.3, -0.25) is 19.1 Å². The molecule has 0 spiro atoms. The summed E-state index contributed by atoms with van der Waals surface area (Å²) in [5, 5.41) is 4.84. The van der Waals surface area contributed by atoms with E-state index in [9.17, 15) is 32.0 Å². The van der Waals surface area contributed by atoms with Crippen LogP contribution in [0.15, 0.2) is 34.8 Å². The average molecular weight is 704 g/mol. The van der Waals surface area contributed by atoms with Crippen LogP contribution in [0.3, 0.4) is 0 Å². The lowest BCUT2D eigenvalue weighted by Gasteiger charge is -2.30. The topological polar surface area (TPSA) is 186 Å². The van der Waals surface area contributed by atoms with Crippen LogP contribution in [-0.2, 0) is 29.1 Å². The third-order valence-corrected chi connectivity index (χ3v) is 11.0. The first kappa shape index (κ1) is 34.6. The summed E-state index contributed by atoms with van der Waals surface area (Å²) < 4.78 is 58.3. The number of oxazole rings is 1. The number of allylic oxidation sites excluding steroid dienone is 1. The molecule has 0 bridgehead atoms. The van der Waals surface area contributed by atoms with Crippen molar-refractivity contribution in [1.29, 1.82) is 0 Å². The lowest BCUT2D eigenvalue weighted by atomic mass is 10.0. The second-order valence-electron chi connectivity index (χ2n) is 14.3. The van der Waals surface area contributed by atoms with Crippen molar-refractivity contribution in [3.05, 3.63) is 36.2 Å². The normalized spacial score (nSPS) is 28.7. The Morgan fingerprint density at radius 3 is 2.65 bits per heavy atom. The summed E-state index contributed by atoms with van der Waals surface area (Å²) in [5.41, 5.74) is -1.84. The Hall–Kier alpha value is -4.21. The number of carbonyl (C=O) groups is 4. The monoisotopic (exact) mass is 703 g/mol. The Morgan fingerprint density at radius 1 is 1.14 bits per heavy atom. The second kappa shape index (κ2) is 13.2. The van der Waals surface area contributed by atoms with Crippen LogP contribution in [0.2, 0.25) is 0 Å². The van der Waals surface area contributed by atoms with Crippen molar-refractivity contribution < 1.29 is 45.9 Å². The zero-order valence-electron chi connectivity index (χ0n) is 27.7. The van der Waals surface area contributed by atoms with E-state index in [0.717, 1.165) is 18.9 Å². The molecule has 2 saturated carbocycles. The van der Waals surface area contributed by atoms with E-state index in [-0.39, 0.29) is 37.5 Å². The van der Waals surface area contributed by atoms with E-state index in [1.807, 2.05) is 12.2 Å². The number of halogens is 1. The zero-order chi connectivity index (χ0) is 35.1. The molecule has 1 aromatic carbocycles. The van der Waals surface area contributed by atoms with Crippen molar-refractivity contribution in [2.24, 2.45) is 5.92 Å². The molecule has 3 fully saturated rings. The van der Waals surface area contributed by atoms with Gasteiger partial charge in [0.2, 0.25) is 21.8 Å². The highest BCUT2D eigenvalue weighted by atomic mass is 32.2. The fourth-order valence-corrected chi connectivity index (χ4v) is 7.73. The number of rotatable bonds is 6. The van der Waals surface area contributed by atoms with E-state index in [1.165, 1.54) is 17.0 Å². The molecule has 2 aliphatic carbocycles. The Labute approximate surface area is 283 Å². The van der Waals surface area contributed by atoms with Crippen LogP contribution in [0.4, 0.5) is 9.18 Å². The van der Waals surface area contributed by atoms with Crippen LogP contribution < -0.4 is 20.1 Å². The smallest absolute Gasteiger partial charge is 0.408 e. The molecule has 3 heterocycles. The van der Waals surface area contributed by atoms with Crippen LogP contribution in [-0.4, -0.2) is 83.2 Å². The summed E-state index contributed by atoms with van der Waals surface area (Å²) in [4.78, 5) is 60.3. The number of carbonyl (C=O) groups excluding carboxylic acids is 4. The largest absolute Gasteiger partial charge is 0.445 e. The van der Waals surface area contributed by atoms with Gasteiger partial charge < -0.3 is 29.4 Å². The summed E-state index contributed by atoms with van der Waals surface area (Å²) in [6.45, 7) is 5.01. The Kier molecular flexibility index (Phi) is 9.37. The maximum absolute atomic E-state index is 14.2. The van der Waals surface area contributed by atoms with E-state index in [2.05, 4.69) is 20.3 Å². The molecule has 4 aliphatic rings. The summed E-state index contributed by atoms with van der Waals surface area (Å²) in [5.74, 6) is -3.02. The van der Waals surface area contributed by atoms with Gasteiger partial charge in [-0.15, -0.1) is 0 Å². The van der Waals surface area contributed by atoms with Crippen molar-refractivity contribution in [1.82, 2.24) is 25.2 Å². The highest BCUT2D eigenvalue weighted by Gasteiger charge is 2.62. The molecule has 49 heavy (non-hydrogen) atoms. The number of aromatic nitrogens is 1. The first-order valence-corrected chi connectivity index (χ1v) is 18.3. The number of hydrogen-bond acceptors (Lipinski definition) is 10. The molecule has 266 valence electrons. The zero-order valence-corrected chi connectivity index (χ0v) is 28.5. The molecule has 6 rings (SSSR count).